The van der Waals surface area contributed by atoms with Gasteiger partial charge >= 0.3 is 0 Å². The fourth-order valence-electron chi connectivity index (χ4n) is 1.14. The first kappa shape index (κ1) is 7.92. The van der Waals surface area contributed by atoms with Crippen molar-refractivity contribution in [1.29, 1.82) is 0 Å². The first-order chi connectivity index (χ1) is 5.79. The Morgan fingerprint density at radius 2 is 2.25 bits per heavy atom. The van der Waals surface area contributed by atoms with Crippen molar-refractivity contribution < 1.29 is 4.39 Å². The molecule has 2 nitrogen and oxygen atoms in total. The van der Waals surface area contributed by atoms with E-state index in [0.717, 1.165) is 18.5 Å². The van der Waals surface area contributed by atoms with E-state index in [1.165, 1.54) is 0 Å². The van der Waals surface area contributed by atoms with Crippen molar-refractivity contribution in [3.63, 3.8) is 0 Å². The molecule has 0 unspecified atom stereocenters. The first-order valence-electron chi connectivity index (χ1n) is 3.89. The Bertz CT molecular complexity index is 299. The Hall–Kier alpha value is -0.700. The van der Waals surface area contributed by atoms with Gasteiger partial charge in [0, 0.05) is 11.6 Å². The number of halogens is 2. The van der Waals surface area contributed by atoms with Crippen LogP contribution in [0.3, 0.4) is 0 Å². The summed E-state index contributed by atoms with van der Waals surface area (Å²) < 4.78 is 12.2. The lowest BCUT2D eigenvalue weighted by atomic mass is 10.2. The Kier molecular flexibility index (Phi) is 1.97. The summed E-state index contributed by atoms with van der Waals surface area (Å²) in [5.74, 6) is 0.496. The van der Waals surface area contributed by atoms with Gasteiger partial charge < -0.3 is 0 Å². The molecule has 12 heavy (non-hydrogen) atoms. The molecular weight excluding hydrogens is 179 g/mol. The summed E-state index contributed by atoms with van der Waals surface area (Å²) in [6.45, 7) is -0.568. The molecule has 1 saturated carbocycles. The summed E-state index contributed by atoms with van der Waals surface area (Å²) in [6.07, 6.45) is 2.28. The van der Waals surface area contributed by atoms with Crippen LogP contribution in [0.25, 0.3) is 0 Å². The molecular formula is C8H8ClFN2. The van der Waals surface area contributed by atoms with E-state index in [0.29, 0.717) is 11.6 Å². The topological polar surface area (TPSA) is 25.8 Å². The largest absolute Gasteiger partial charge is 0.244 e. The molecule has 0 spiro atoms. The summed E-state index contributed by atoms with van der Waals surface area (Å²) >= 11 is 5.61. The van der Waals surface area contributed by atoms with E-state index in [9.17, 15) is 4.39 Å². The van der Waals surface area contributed by atoms with Crippen molar-refractivity contribution in [3.8, 4) is 0 Å². The van der Waals surface area contributed by atoms with Crippen molar-refractivity contribution in [2.75, 3.05) is 0 Å². The van der Waals surface area contributed by atoms with Crippen LogP contribution in [0.15, 0.2) is 6.07 Å². The normalized spacial score (nSPS) is 16.5. The maximum absolute atomic E-state index is 12.2. The summed E-state index contributed by atoms with van der Waals surface area (Å²) in [5.41, 5.74) is 1.28. The Morgan fingerprint density at radius 3 is 2.83 bits per heavy atom. The predicted molar refractivity (Wildman–Crippen MR) is 43.8 cm³/mol. The lowest BCUT2D eigenvalue weighted by Crippen LogP contribution is -1.94. The van der Waals surface area contributed by atoms with Crippen LogP contribution >= 0.6 is 11.6 Å². The molecule has 0 amide bonds. The van der Waals surface area contributed by atoms with Crippen LogP contribution in [0, 0.1) is 0 Å². The van der Waals surface area contributed by atoms with Crippen LogP contribution in [0.4, 0.5) is 4.39 Å². The second-order valence-electron chi connectivity index (χ2n) is 2.96. The fourth-order valence-corrected chi connectivity index (χ4v) is 1.35. The summed E-state index contributed by atoms with van der Waals surface area (Å²) in [6, 6.07) is 1.70. The first-order valence-corrected chi connectivity index (χ1v) is 4.26. The van der Waals surface area contributed by atoms with Crippen molar-refractivity contribution in [1.82, 2.24) is 9.97 Å². The van der Waals surface area contributed by atoms with Gasteiger partial charge in [0.05, 0.1) is 5.69 Å². The third-order valence-corrected chi connectivity index (χ3v) is 2.07. The predicted octanol–water partition coefficient (Wildman–Crippen LogP) is 2.48. The molecule has 64 valence electrons. The highest BCUT2D eigenvalue weighted by Crippen LogP contribution is 2.39. The SMILES string of the molecule is FCc1cc(C2CC2)nc(Cl)n1. The molecule has 1 aromatic rings. The number of hydrogen-bond donors (Lipinski definition) is 0. The highest BCUT2D eigenvalue weighted by atomic mass is 35.5. The van der Waals surface area contributed by atoms with E-state index in [2.05, 4.69) is 9.97 Å². The molecule has 0 aliphatic heterocycles. The zero-order valence-corrected chi connectivity index (χ0v) is 7.18. The average Bonchev–Trinajstić information content (AvgIpc) is 2.85. The zero-order chi connectivity index (χ0) is 8.55. The standard InChI is InChI=1S/C8H8ClFN2/c9-8-11-6(4-10)3-7(12-8)5-1-2-5/h3,5H,1-2,4H2. The molecule has 0 bridgehead atoms. The van der Waals surface area contributed by atoms with Crippen LogP contribution in [0.5, 0.6) is 0 Å². The van der Waals surface area contributed by atoms with Gasteiger partial charge in [-0.3, -0.25) is 0 Å². The van der Waals surface area contributed by atoms with Crippen molar-refractivity contribution in [2.45, 2.75) is 25.4 Å². The summed E-state index contributed by atoms with van der Waals surface area (Å²) in [5, 5.41) is 0.159. The third-order valence-electron chi connectivity index (χ3n) is 1.90. The lowest BCUT2D eigenvalue weighted by molar-refractivity contribution is 0.474. The fraction of sp³-hybridized carbons (Fsp3) is 0.500. The average molecular weight is 187 g/mol. The molecule has 2 rings (SSSR count). The molecule has 0 radical (unpaired) electrons. The molecule has 0 N–H and O–H groups in total. The van der Waals surface area contributed by atoms with E-state index in [1.54, 1.807) is 6.07 Å². The van der Waals surface area contributed by atoms with Crippen LogP contribution in [-0.2, 0) is 6.67 Å². The molecule has 0 atom stereocenters. The second kappa shape index (κ2) is 2.98. The Balaban J connectivity index is 2.34. The van der Waals surface area contributed by atoms with Gasteiger partial charge in [-0.05, 0) is 30.5 Å². The smallest absolute Gasteiger partial charge is 0.222 e. The van der Waals surface area contributed by atoms with E-state index in [4.69, 9.17) is 11.6 Å². The zero-order valence-electron chi connectivity index (χ0n) is 6.43. The van der Waals surface area contributed by atoms with Gasteiger partial charge in [-0.15, -0.1) is 0 Å². The van der Waals surface area contributed by atoms with E-state index in [1.807, 2.05) is 0 Å². The quantitative estimate of drug-likeness (QED) is 0.664. The molecule has 1 fully saturated rings. The molecule has 0 saturated heterocycles. The van der Waals surface area contributed by atoms with Crippen LogP contribution in [-0.4, -0.2) is 9.97 Å². The van der Waals surface area contributed by atoms with Gasteiger partial charge in [0.15, 0.2) is 0 Å². The Morgan fingerprint density at radius 1 is 1.50 bits per heavy atom. The monoisotopic (exact) mass is 186 g/mol. The molecule has 1 aliphatic carbocycles. The number of nitrogens with zero attached hydrogens (tertiary/aromatic N) is 2. The minimum Gasteiger partial charge on any atom is -0.244 e. The van der Waals surface area contributed by atoms with Gasteiger partial charge in [-0.1, -0.05) is 0 Å². The molecule has 1 heterocycles. The van der Waals surface area contributed by atoms with Gasteiger partial charge in [0.2, 0.25) is 5.28 Å². The van der Waals surface area contributed by atoms with Crippen molar-refractivity contribution in [3.05, 3.63) is 22.7 Å². The number of rotatable bonds is 2. The van der Waals surface area contributed by atoms with Crippen molar-refractivity contribution in [2.24, 2.45) is 0 Å². The molecule has 4 heteroatoms. The summed E-state index contributed by atoms with van der Waals surface area (Å²) in [7, 11) is 0. The number of hydrogen-bond acceptors (Lipinski definition) is 2. The van der Waals surface area contributed by atoms with E-state index >= 15 is 0 Å². The van der Waals surface area contributed by atoms with Crippen LogP contribution in [0.1, 0.15) is 30.1 Å². The minimum absolute atomic E-state index is 0.159. The van der Waals surface area contributed by atoms with E-state index in [-0.39, 0.29) is 5.28 Å². The molecule has 1 aromatic heterocycles. The maximum atomic E-state index is 12.2. The second-order valence-corrected chi connectivity index (χ2v) is 3.30. The minimum atomic E-state index is -0.568. The number of aromatic nitrogens is 2. The number of alkyl halides is 1. The molecule has 1 aliphatic rings. The van der Waals surface area contributed by atoms with Crippen molar-refractivity contribution >= 4 is 11.6 Å². The van der Waals surface area contributed by atoms with Gasteiger partial charge in [0.1, 0.15) is 6.67 Å². The lowest BCUT2D eigenvalue weighted by Gasteiger charge is -1.99. The molecule has 0 aromatic carbocycles. The highest BCUT2D eigenvalue weighted by molar-refractivity contribution is 6.28. The Labute approximate surface area is 74.8 Å². The highest BCUT2D eigenvalue weighted by Gasteiger charge is 2.25. The maximum Gasteiger partial charge on any atom is 0.222 e. The summed E-state index contributed by atoms with van der Waals surface area (Å²) in [4.78, 5) is 7.77. The van der Waals surface area contributed by atoms with Gasteiger partial charge in [0.25, 0.3) is 0 Å². The van der Waals surface area contributed by atoms with Crippen LogP contribution < -0.4 is 0 Å². The van der Waals surface area contributed by atoms with Crippen LogP contribution in [0.2, 0.25) is 5.28 Å². The third kappa shape index (κ3) is 1.55. The van der Waals surface area contributed by atoms with Gasteiger partial charge in [-0.2, -0.15) is 0 Å². The van der Waals surface area contributed by atoms with E-state index < -0.39 is 6.67 Å². The van der Waals surface area contributed by atoms with Gasteiger partial charge in [-0.25, -0.2) is 14.4 Å².